The van der Waals surface area contributed by atoms with Crippen LogP contribution in [0.25, 0.3) is 0 Å². The van der Waals surface area contributed by atoms with E-state index < -0.39 is 0 Å². The molecule has 0 aromatic rings. The lowest BCUT2D eigenvalue weighted by Crippen LogP contribution is -2.04. The van der Waals surface area contributed by atoms with Gasteiger partial charge in [-0.3, -0.25) is 4.99 Å². The molecule has 0 amide bonds. The number of thioether (sulfide) groups is 1. The summed E-state index contributed by atoms with van der Waals surface area (Å²) in [4.78, 5) is 4.16. The third-order valence-corrected chi connectivity index (χ3v) is 2.39. The molecule has 2 heteroatoms. The molecule has 0 saturated heterocycles. The van der Waals surface area contributed by atoms with Gasteiger partial charge in [0.2, 0.25) is 0 Å². The van der Waals surface area contributed by atoms with Gasteiger partial charge in [-0.05, 0) is 12.7 Å². The second kappa shape index (κ2) is 5.54. The summed E-state index contributed by atoms with van der Waals surface area (Å²) in [7, 11) is 0. The minimum absolute atomic E-state index is 0.577. The third-order valence-electron chi connectivity index (χ3n) is 1.46. The molecule has 0 bridgehead atoms. The van der Waals surface area contributed by atoms with Gasteiger partial charge < -0.3 is 0 Å². The van der Waals surface area contributed by atoms with Crippen LogP contribution in [0.5, 0.6) is 0 Å². The first-order chi connectivity index (χ1) is 4.76. The number of rotatable bonds is 3. The molecule has 0 radical (unpaired) electrons. The molecule has 0 heterocycles. The highest BCUT2D eigenvalue weighted by Crippen LogP contribution is 2.13. The molecular weight excluding hydrogens is 142 g/mol. The first-order valence-electron chi connectivity index (χ1n) is 3.48. The zero-order valence-electron chi connectivity index (χ0n) is 6.92. The van der Waals surface area contributed by atoms with Crippen LogP contribution >= 0.6 is 11.8 Å². The highest BCUT2D eigenvalue weighted by molar-refractivity contribution is 8.13. The van der Waals surface area contributed by atoms with Crippen molar-refractivity contribution in [1.82, 2.24) is 0 Å². The van der Waals surface area contributed by atoms with E-state index in [0.29, 0.717) is 5.92 Å². The summed E-state index contributed by atoms with van der Waals surface area (Å²) >= 11 is 1.71. The van der Waals surface area contributed by atoms with Gasteiger partial charge in [0, 0.05) is 12.1 Å². The van der Waals surface area contributed by atoms with Crippen LogP contribution in [0.4, 0.5) is 0 Å². The molecule has 10 heavy (non-hydrogen) atoms. The summed E-state index contributed by atoms with van der Waals surface area (Å²) < 4.78 is 0. The average molecular weight is 157 g/mol. The number of nitrogens with zero attached hydrogens (tertiary/aromatic N) is 1. The van der Waals surface area contributed by atoms with Crippen LogP contribution < -0.4 is 0 Å². The van der Waals surface area contributed by atoms with Crippen molar-refractivity contribution in [3.8, 4) is 0 Å². The molecule has 0 aliphatic carbocycles. The predicted octanol–water partition coefficient (Wildman–Crippen LogP) is 2.94. The molecule has 58 valence electrons. The molecule has 1 nitrogen and oxygen atoms in total. The molecule has 1 atom stereocenters. The minimum Gasteiger partial charge on any atom is -0.255 e. The Morgan fingerprint density at radius 3 is 2.70 bits per heavy atom. The lowest BCUT2D eigenvalue weighted by Gasteiger charge is -2.07. The quantitative estimate of drug-likeness (QED) is 0.453. The van der Waals surface area contributed by atoms with Crippen LogP contribution in [0.1, 0.15) is 20.3 Å². The van der Waals surface area contributed by atoms with E-state index in [9.17, 15) is 0 Å². The average Bonchev–Trinajstić information content (AvgIpc) is 1.99. The molecule has 1 unspecified atom stereocenters. The molecular formula is C8H15NS. The van der Waals surface area contributed by atoms with Crippen molar-refractivity contribution in [3.05, 3.63) is 12.8 Å². The maximum absolute atomic E-state index is 4.16. The van der Waals surface area contributed by atoms with Gasteiger partial charge in [0.15, 0.2) is 0 Å². The van der Waals surface area contributed by atoms with E-state index in [1.165, 1.54) is 5.04 Å². The number of aliphatic imine (C=N–C) groups is 1. The van der Waals surface area contributed by atoms with Gasteiger partial charge in [-0.25, -0.2) is 0 Å². The summed E-state index contributed by atoms with van der Waals surface area (Å²) in [6.07, 6.45) is 4.81. The van der Waals surface area contributed by atoms with E-state index in [0.717, 1.165) is 6.42 Å². The molecule has 0 aliphatic heterocycles. The monoisotopic (exact) mass is 157 g/mol. The highest BCUT2D eigenvalue weighted by atomic mass is 32.2. The van der Waals surface area contributed by atoms with E-state index in [-0.39, 0.29) is 0 Å². The van der Waals surface area contributed by atoms with Gasteiger partial charge in [0.05, 0.1) is 5.04 Å². The van der Waals surface area contributed by atoms with E-state index in [1.54, 1.807) is 18.0 Å². The first kappa shape index (κ1) is 9.76. The summed E-state index contributed by atoms with van der Waals surface area (Å²) in [6, 6.07) is 0. The van der Waals surface area contributed by atoms with Crippen LogP contribution in [0.2, 0.25) is 0 Å². The van der Waals surface area contributed by atoms with Gasteiger partial charge in [-0.2, -0.15) is 0 Å². The predicted molar refractivity (Wildman–Crippen MR) is 50.6 cm³/mol. The normalized spacial score (nSPS) is 14.9. The van der Waals surface area contributed by atoms with E-state index in [1.807, 2.05) is 0 Å². The van der Waals surface area contributed by atoms with E-state index in [4.69, 9.17) is 0 Å². The Kier molecular flexibility index (Phi) is 5.40. The summed E-state index contributed by atoms with van der Waals surface area (Å²) in [5, 5.41) is 1.18. The van der Waals surface area contributed by atoms with Crippen molar-refractivity contribution < 1.29 is 0 Å². The standard InChI is InChI=1S/C8H15NS/c1-5-7(3)8(10-4)9-6-2/h6-7H,2,5H2,1,3-4H3. The largest absolute Gasteiger partial charge is 0.255 e. The van der Waals surface area contributed by atoms with Crippen molar-refractivity contribution in [3.63, 3.8) is 0 Å². The zero-order valence-corrected chi connectivity index (χ0v) is 7.74. The van der Waals surface area contributed by atoms with E-state index >= 15 is 0 Å². The Morgan fingerprint density at radius 2 is 2.40 bits per heavy atom. The minimum atomic E-state index is 0.577. The fourth-order valence-corrected chi connectivity index (χ4v) is 1.39. The summed E-state index contributed by atoms with van der Waals surface area (Å²) in [6.45, 7) is 7.91. The van der Waals surface area contributed by atoms with Crippen LogP contribution in [-0.4, -0.2) is 11.3 Å². The Bertz CT molecular complexity index is 129. The molecule has 0 spiro atoms. The molecule has 0 aromatic heterocycles. The SMILES string of the molecule is C=CN=C(SC)C(C)CC. The maximum atomic E-state index is 4.16. The van der Waals surface area contributed by atoms with E-state index in [2.05, 4.69) is 31.7 Å². The second-order valence-corrected chi connectivity index (χ2v) is 2.99. The fourth-order valence-electron chi connectivity index (χ4n) is 0.646. The Labute approximate surface area is 67.6 Å². The molecule has 0 fully saturated rings. The van der Waals surface area contributed by atoms with Crippen LogP contribution in [0, 0.1) is 5.92 Å². The Hall–Kier alpha value is -0.240. The van der Waals surface area contributed by atoms with Gasteiger partial charge in [-0.1, -0.05) is 20.4 Å². The summed E-state index contributed by atoms with van der Waals surface area (Å²) in [5.41, 5.74) is 0. The molecule has 0 rings (SSSR count). The van der Waals surface area contributed by atoms with Crippen LogP contribution in [-0.2, 0) is 0 Å². The van der Waals surface area contributed by atoms with Crippen LogP contribution in [0.15, 0.2) is 17.8 Å². The topological polar surface area (TPSA) is 12.4 Å². The second-order valence-electron chi connectivity index (χ2n) is 2.16. The molecule has 0 N–H and O–H groups in total. The smallest absolute Gasteiger partial charge is 0.0756 e. The Balaban J connectivity index is 4.04. The maximum Gasteiger partial charge on any atom is 0.0756 e. The lowest BCUT2D eigenvalue weighted by molar-refractivity contribution is 0.750. The Morgan fingerprint density at radius 1 is 1.80 bits per heavy atom. The molecule has 0 aromatic carbocycles. The summed E-state index contributed by atoms with van der Waals surface area (Å²) in [5.74, 6) is 0.577. The first-order valence-corrected chi connectivity index (χ1v) is 4.71. The van der Waals surface area contributed by atoms with Crippen LogP contribution in [0.3, 0.4) is 0 Å². The van der Waals surface area contributed by atoms with Crippen molar-refractivity contribution in [2.45, 2.75) is 20.3 Å². The van der Waals surface area contributed by atoms with Crippen molar-refractivity contribution in [1.29, 1.82) is 0 Å². The number of hydrogen-bond acceptors (Lipinski definition) is 2. The van der Waals surface area contributed by atoms with Crippen molar-refractivity contribution >= 4 is 16.8 Å². The lowest BCUT2D eigenvalue weighted by atomic mass is 10.1. The van der Waals surface area contributed by atoms with Gasteiger partial charge in [-0.15, -0.1) is 11.8 Å². The van der Waals surface area contributed by atoms with Gasteiger partial charge >= 0.3 is 0 Å². The molecule has 0 aliphatic rings. The van der Waals surface area contributed by atoms with Gasteiger partial charge in [0.25, 0.3) is 0 Å². The highest BCUT2D eigenvalue weighted by Gasteiger charge is 2.04. The zero-order chi connectivity index (χ0) is 7.98. The number of hydrogen-bond donors (Lipinski definition) is 0. The molecule has 0 saturated carbocycles. The van der Waals surface area contributed by atoms with Crippen molar-refractivity contribution in [2.24, 2.45) is 10.9 Å². The van der Waals surface area contributed by atoms with Gasteiger partial charge in [0.1, 0.15) is 0 Å². The van der Waals surface area contributed by atoms with Crippen molar-refractivity contribution in [2.75, 3.05) is 6.26 Å². The third kappa shape index (κ3) is 3.06. The fraction of sp³-hybridized carbons (Fsp3) is 0.625.